The third kappa shape index (κ3) is 5.89. The molecule has 3 N–H and O–H groups in total. The van der Waals surface area contributed by atoms with Crippen molar-refractivity contribution in [2.24, 2.45) is 0 Å². The van der Waals surface area contributed by atoms with Gasteiger partial charge in [-0.3, -0.25) is 14.8 Å². The van der Waals surface area contributed by atoms with Gasteiger partial charge < -0.3 is 18.3 Å². The molecule has 0 aliphatic carbocycles. The molecule has 1 aromatic carbocycles. The number of ether oxygens (including phenoxy) is 1. The van der Waals surface area contributed by atoms with Crippen molar-refractivity contribution >= 4 is 17.0 Å². The van der Waals surface area contributed by atoms with Crippen LogP contribution in [0.25, 0.3) is 11.1 Å². The van der Waals surface area contributed by atoms with Gasteiger partial charge in [-0.25, -0.2) is 9.69 Å². The number of hydroxylamine groups is 1. The zero-order valence-electron chi connectivity index (χ0n) is 18.6. The number of carbonyl (C=O) groups excluding carboxylic acids is 1. The number of aryl methyl sites for hydroxylation is 1. The van der Waals surface area contributed by atoms with Crippen LogP contribution in [-0.2, 0) is 33.8 Å². The van der Waals surface area contributed by atoms with Crippen LogP contribution in [0, 0.1) is 11.8 Å². The molecule has 1 amide bonds. The van der Waals surface area contributed by atoms with Crippen molar-refractivity contribution in [3.05, 3.63) is 82.2 Å². The standard InChI is InChI=1S/C24H24N2O7S/c1-24(34(30)31,23(28)25-29)12-14-26-13-11-19(15-22(26)27)18-6-3-17(4-7-18)5-8-20-9-10-21(33-20)16-32-2/h3-4,6-7,9-11,13,15,29H,12,14,16H2,1-2H3,(H,25,28)(H,30,31). The summed E-state index contributed by atoms with van der Waals surface area (Å²) in [5.74, 6) is 6.22. The third-order valence-electron chi connectivity index (χ3n) is 5.29. The van der Waals surface area contributed by atoms with Gasteiger partial charge in [-0.2, -0.15) is 0 Å². The van der Waals surface area contributed by atoms with Crippen LogP contribution in [0.1, 0.15) is 30.4 Å². The summed E-state index contributed by atoms with van der Waals surface area (Å²) in [7, 11) is 1.59. The van der Waals surface area contributed by atoms with Crippen LogP contribution in [0.15, 0.2) is 63.9 Å². The molecule has 2 atom stereocenters. The summed E-state index contributed by atoms with van der Waals surface area (Å²) in [6.45, 7) is 1.64. The number of rotatable bonds is 8. The number of furan rings is 1. The molecule has 2 heterocycles. The highest BCUT2D eigenvalue weighted by atomic mass is 32.2. The number of hydrogen-bond acceptors (Lipinski definition) is 6. The lowest BCUT2D eigenvalue weighted by molar-refractivity contribution is -0.131. The second kappa shape index (κ2) is 11.1. The largest absolute Gasteiger partial charge is 0.450 e. The van der Waals surface area contributed by atoms with Gasteiger partial charge >= 0.3 is 0 Å². The fourth-order valence-electron chi connectivity index (χ4n) is 3.15. The highest BCUT2D eigenvalue weighted by Gasteiger charge is 2.39. The van der Waals surface area contributed by atoms with Gasteiger partial charge in [0, 0.05) is 31.5 Å². The summed E-state index contributed by atoms with van der Waals surface area (Å²) in [5.41, 5.74) is 3.35. The lowest BCUT2D eigenvalue weighted by Gasteiger charge is -2.23. The first kappa shape index (κ1) is 25.1. The molecule has 0 radical (unpaired) electrons. The van der Waals surface area contributed by atoms with Gasteiger partial charge in [-0.05, 0) is 60.7 Å². The predicted octanol–water partition coefficient (Wildman–Crippen LogP) is 2.53. The Kier molecular flexibility index (Phi) is 8.20. The average Bonchev–Trinajstić information content (AvgIpc) is 3.29. The second-order valence-corrected chi connectivity index (χ2v) is 9.04. The number of benzene rings is 1. The van der Waals surface area contributed by atoms with E-state index >= 15 is 0 Å². The van der Waals surface area contributed by atoms with Crippen LogP contribution in [-0.4, -0.2) is 36.3 Å². The summed E-state index contributed by atoms with van der Waals surface area (Å²) < 4.78 is 31.2. The fraction of sp³-hybridized carbons (Fsp3) is 0.250. The van der Waals surface area contributed by atoms with Crippen molar-refractivity contribution in [1.82, 2.24) is 10.0 Å². The lowest BCUT2D eigenvalue weighted by atomic mass is 10.0. The van der Waals surface area contributed by atoms with Crippen molar-refractivity contribution in [2.75, 3.05) is 7.11 Å². The van der Waals surface area contributed by atoms with Crippen LogP contribution in [0.3, 0.4) is 0 Å². The Balaban J connectivity index is 1.71. The molecule has 0 saturated heterocycles. The number of nitrogens with one attached hydrogen (secondary N) is 1. The summed E-state index contributed by atoms with van der Waals surface area (Å²) in [6.07, 6.45) is 1.43. The molecule has 34 heavy (non-hydrogen) atoms. The zero-order valence-corrected chi connectivity index (χ0v) is 19.4. The van der Waals surface area contributed by atoms with Crippen LogP contribution < -0.4 is 11.0 Å². The highest BCUT2D eigenvalue weighted by Crippen LogP contribution is 2.20. The Morgan fingerprint density at radius 2 is 1.91 bits per heavy atom. The molecular weight excluding hydrogens is 460 g/mol. The molecule has 3 aromatic rings. The van der Waals surface area contributed by atoms with Gasteiger partial charge in [-0.1, -0.05) is 18.1 Å². The SMILES string of the molecule is COCc1ccc(C#Cc2ccc(-c3ccn(CCC(C)(C(=O)NO)S(=O)O)c(=O)c3)cc2)o1. The Morgan fingerprint density at radius 3 is 2.53 bits per heavy atom. The van der Waals surface area contributed by atoms with Gasteiger partial charge in [-0.15, -0.1) is 0 Å². The number of aromatic nitrogens is 1. The first-order chi connectivity index (χ1) is 16.3. The molecule has 0 fully saturated rings. The third-order valence-corrected chi connectivity index (χ3v) is 6.45. The number of nitrogens with zero attached hydrogens (tertiary/aromatic N) is 1. The van der Waals surface area contributed by atoms with Crippen LogP contribution >= 0.6 is 0 Å². The van der Waals surface area contributed by atoms with E-state index in [1.54, 1.807) is 25.4 Å². The summed E-state index contributed by atoms with van der Waals surface area (Å²) in [6, 6.07) is 14.1. The molecule has 0 spiro atoms. The molecule has 0 bridgehead atoms. The average molecular weight is 485 g/mol. The summed E-state index contributed by atoms with van der Waals surface area (Å²) in [4.78, 5) is 24.3. The molecule has 178 valence electrons. The number of pyridine rings is 1. The quantitative estimate of drug-likeness (QED) is 0.194. The van der Waals surface area contributed by atoms with E-state index in [1.807, 2.05) is 30.3 Å². The normalized spacial score (nSPS) is 13.4. The molecule has 0 saturated carbocycles. The van der Waals surface area contributed by atoms with Crippen LogP contribution in [0.5, 0.6) is 0 Å². The first-order valence-electron chi connectivity index (χ1n) is 10.2. The number of amides is 1. The monoisotopic (exact) mass is 484 g/mol. The van der Waals surface area contributed by atoms with Crippen molar-refractivity contribution < 1.29 is 27.9 Å². The van der Waals surface area contributed by atoms with E-state index in [0.717, 1.165) is 11.1 Å². The van der Waals surface area contributed by atoms with Gasteiger partial charge in [0.2, 0.25) is 0 Å². The van der Waals surface area contributed by atoms with E-state index in [9.17, 15) is 18.4 Å². The molecule has 2 unspecified atom stereocenters. The Labute approximate surface area is 198 Å². The fourth-order valence-corrected chi connectivity index (χ4v) is 3.62. The molecule has 0 aliphatic rings. The van der Waals surface area contributed by atoms with Crippen LogP contribution in [0.4, 0.5) is 0 Å². The molecule has 9 nitrogen and oxygen atoms in total. The van der Waals surface area contributed by atoms with E-state index < -0.39 is 21.7 Å². The van der Waals surface area contributed by atoms with E-state index in [1.165, 1.54) is 23.0 Å². The number of carbonyl (C=O) groups is 1. The lowest BCUT2D eigenvalue weighted by Crippen LogP contribution is -2.47. The molecule has 2 aromatic heterocycles. The molecule has 10 heteroatoms. The summed E-state index contributed by atoms with van der Waals surface area (Å²) >= 11 is -2.54. The topological polar surface area (TPSA) is 131 Å². The maximum atomic E-state index is 12.5. The van der Waals surface area contributed by atoms with Gasteiger partial charge in [0.05, 0.1) is 0 Å². The zero-order chi connectivity index (χ0) is 24.7. The van der Waals surface area contributed by atoms with Crippen molar-refractivity contribution in [3.8, 4) is 23.0 Å². The minimum Gasteiger partial charge on any atom is -0.450 e. The number of methoxy groups -OCH3 is 1. The van der Waals surface area contributed by atoms with Crippen molar-refractivity contribution in [2.45, 2.75) is 31.2 Å². The Morgan fingerprint density at radius 1 is 1.18 bits per heavy atom. The minimum absolute atomic E-state index is 0.0166. The molecule has 0 aliphatic heterocycles. The van der Waals surface area contributed by atoms with E-state index in [-0.39, 0.29) is 18.5 Å². The number of hydrogen-bond donors (Lipinski definition) is 3. The van der Waals surface area contributed by atoms with Crippen molar-refractivity contribution in [1.29, 1.82) is 0 Å². The highest BCUT2D eigenvalue weighted by molar-refractivity contribution is 7.81. The molecular formula is C24H24N2O7S. The maximum Gasteiger partial charge on any atom is 0.264 e. The van der Waals surface area contributed by atoms with Crippen molar-refractivity contribution in [3.63, 3.8) is 0 Å². The van der Waals surface area contributed by atoms with E-state index in [2.05, 4.69) is 11.8 Å². The minimum atomic E-state index is -2.54. The maximum absolute atomic E-state index is 12.5. The van der Waals surface area contributed by atoms with E-state index in [0.29, 0.717) is 23.7 Å². The van der Waals surface area contributed by atoms with Gasteiger partial charge in [0.15, 0.2) is 21.6 Å². The van der Waals surface area contributed by atoms with E-state index in [4.69, 9.17) is 14.4 Å². The Hall–Kier alpha value is -3.49. The Bertz CT molecular complexity index is 1300. The van der Waals surface area contributed by atoms with Gasteiger partial charge in [0.25, 0.3) is 11.5 Å². The molecule has 3 rings (SSSR count). The van der Waals surface area contributed by atoms with Gasteiger partial charge in [0.1, 0.15) is 12.4 Å². The van der Waals surface area contributed by atoms with Crippen LogP contribution in [0.2, 0.25) is 0 Å². The summed E-state index contributed by atoms with van der Waals surface area (Å²) in [5, 5.41) is 8.83. The predicted molar refractivity (Wildman–Crippen MR) is 125 cm³/mol. The smallest absolute Gasteiger partial charge is 0.264 e. The first-order valence-corrected chi connectivity index (χ1v) is 11.3. The second-order valence-electron chi connectivity index (χ2n) is 7.64.